The normalized spacial score (nSPS) is 15.1. The second-order valence-electron chi connectivity index (χ2n) is 5.28. The Labute approximate surface area is 124 Å². The van der Waals surface area contributed by atoms with E-state index in [9.17, 15) is 4.79 Å². The Bertz CT molecular complexity index is 658. The van der Waals surface area contributed by atoms with Crippen LogP contribution in [0, 0.1) is 0 Å². The minimum Gasteiger partial charge on any atom is -0.478 e. The SMILES string of the molecule is O=C(O)/C=C/c1cccc(N2CC(c3ccccc3)C2)c1. The molecule has 1 fully saturated rings. The molecule has 0 unspecified atom stereocenters. The van der Waals surface area contributed by atoms with Gasteiger partial charge in [-0.15, -0.1) is 0 Å². The Morgan fingerprint density at radius 1 is 1.10 bits per heavy atom. The lowest BCUT2D eigenvalue weighted by atomic mass is 9.91. The lowest BCUT2D eigenvalue weighted by Crippen LogP contribution is -2.45. The molecule has 0 aromatic heterocycles. The minimum absolute atomic E-state index is 0.587. The van der Waals surface area contributed by atoms with E-state index in [1.807, 2.05) is 24.3 Å². The van der Waals surface area contributed by atoms with E-state index in [1.165, 1.54) is 11.6 Å². The second kappa shape index (κ2) is 5.83. The fourth-order valence-electron chi connectivity index (χ4n) is 2.62. The zero-order valence-electron chi connectivity index (χ0n) is 11.6. The van der Waals surface area contributed by atoms with Crippen LogP contribution in [0.5, 0.6) is 0 Å². The Hall–Kier alpha value is -2.55. The van der Waals surface area contributed by atoms with E-state index in [0.717, 1.165) is 24.3 Å². The largest absolute Gasteiger partial charge is 0.478 e. The van der Waals surface area contributed by atoms with Gasteiger partial charge in [-0.25, -0.2) is 4.79 Å². The number of aliphatic carboxylic acids is 1. The number of hydrogen-bond acceptors (Lipinski definition) is 2. The molecule has 1 heterocycles. The molecule has 3 rings (SSSR count). The van der Waals surface area contributed by atoms with Crippen LogP contribution in [-0.4, -0.2) is 24.2 Å². The van der Waals surface area contributed by atoms with Crippen LogP contribution < -0.4 is 4.90 Å². The topological polar surface area (TPSA) is 40.5 Å². The van der Waals surface area contributed by atoms with Crippen molar-refractivity contribution in [3.8, 4) is 0 Å². The molecule has 3 heteroatoms. The molecule has 1 saturated heterocycles. The number of carboxylic acid groups (broad SMARTS) is 1. The Morgan fingerprint density at radius 3 is 2.57 bits per heavy atom. The summed E-state index contributed by atoms with van der Waals surface area (Å²) in [6.45, 7) is 2.02. The number of carbonyl (C=O) groups is 1. The van der Waals surface area contributed by atoms with Crippen LogP contribution in [-0.2, 0) is 4.79 Å². The summed E-state index contributed by atoms with van der Waals surface area (Å²) in [6, 6.07) is 18.5. The predicted octanol–water partition coefficient (Wildman–Crippen LogP) is 3.39. The van der Waals surface area contributed by atoms with Crippen molar-refractivity contribution in [3.05, 3.63) is 71.8 Å². The highest BCUT2D eigenvalue weighted by molar-refractivity contribution is 5.85. The van der Waals surface area contributed by atoms with Gasteiger partial charge in [0.1, 0.15) is 0 Å². The number of nitrogens with zero attached hydrogens (tertiary/aromatic N) is 1. The molecule has 0 bridgehead atoms. The highest BCUT2D eigenvalue weighted by atomic mass is 16.4. The quantitative estimate of drug-likeness (QED) is 0.872. The number of benzene rings is 2. The fraction of sp³-hybridized carbons (Fsp3) is 0.167. The monoisotopic (exact) mass is 279 g/mol. The molecule has 21 heavy (non-hydrogen) atoms. The molecule has 1 N–H and O–H groups in total. The van der Waals surface area contributed by atoms with E-state index in [2.05, 4.69) is 35.2 Å². The third kappa shape index (κ3) is 3.14. The van der Waals surface area contributed by atoms with Crippen molar-refractivity contribution in [2.24, 2.45) is 0 Å². The van der Waals surface area contributed by atoms with Gasteiger partial charge in [-0.3, -0.25) is 0 Å². The second-order valence-corrected chi connectivity index (χ2v) is 5.28. The van der Waals surface area contributed by atoms with Gasteiger partial charge in [0, 0.05) is 30.8 Å². The number of rotatable bonds is 4. The Morgan fingerprint density at radius 2 is 1.86 bits per heavy atom. The highest BCUT2D eigenvalue weighted by Crippen LogP contribution is 2.31. The van der Waals surface area contributed by atoms with Crippen LogP contribution in [0.2, 0.25) is 0 Å². The molecule has 1 aliphatic heterocycles. The third-order valence-electron chi connectivity index (χ3n) is 3.81. The van der Waals surface area contributed by atoms with Gasteiger partial charge >= 0.3 is 5.97 Å². The first kappa shape index (κ1) is 13.4. The van der Waals surface area contributed by atoms with Crippen molar-refractivity contribution in [2.75, 3.05) is 18.0 Å². The smallest absolute Gasteiger partial charge is 0.328 e. The van der Waals surface area contributed by atoms with E-state index < -0.39 is 5.97 Å². The van der Waals surface area contributed by atoms with Crippen LogP contribution in [0.15, 0.2) is 60.7 Å². The zero-order chi connectivity index (χ0) is 14.7. The first-order valence-electron chi connectivity index (χ1n) is 7.03. The molecule has 2 aromatic carbocycles. The van der Waals surface area contributed by atoms with Crippen molar-refractivity contribution >= 4 is 17.7 Å². The average Bonchev–Trinajstić information content (AvgIpc) is 2.45. The molecule has 0 saturated carbocycles. The summed E-state index contributed by atoms with van der Waals surface area (Å²) in [7, 11) is 0. The van der Waals surface area contributed by atoms with Gasteiger partial charge in [-0.2, -0.15) is 0 Å². The van der Waals surface area contributed by atoms with Gasteiger partial charge in [0.05, 0.1) is 0 Å². The summed E-state index contributed by atoms with van der Waals surface area (Å²) in [6.07, 6.45) is 2.79. The number of anilines is 1. The van der Waals surface area contributed by atoms with E-state index in [0.29, 0.717) is 5.92 Å². The number of hydrogen-bond donors (Lipinski definition) is 1. The number of carboxylic acids is 1. The predicted molar refractivity (Wildman–Crippen MR) is 84.5 cm³/mol. The molecular formula is C18H17NO2. The van der Waals surface area contributed by atoms with Crippen molar-refractivity contribution in [2.45, 2.75) is 5.92 Å². The summed E-state index contributed by atoms with van der Waals surface area (Å²) >= 11 is 0. The standard InChI is InChI=1S/C18H17NO2/c20-18(21)10-9-14-5-4-8-17(11-14)19-12-16(13-19)15-6-2-1-3-7-15/h1-11,16H,12-13H2,(H,20,21)/b10-9+. The average molecular weight is 279 g/mol. The van der Waals surface area contributed by atoms with Crippen LogP contribution in [0.4, 0.5) is 5.69 Å². The summed E-state index contributed by atoms with van der Waals surface area (Å²) in [5.41, 5.74) is 3.45. The molecular weight excluding hydrogens is 262 g/mol. The summed E-state index contributed by atoms with van der Waals surface area (Å²) in [4.78, 5) is 12.9. The van der Waals surface area contributed by atoms with Crippen molar-refractivity contribution < 1.29 is 9.90 Å². The zero-order valence-corrected chi connectivity index (χ0v) is 11.6. The first-order chi connectivity index (χ1) is 10.2. The summed E-state index contributed by atoms with van der Waals surface area (Å²) in [5.74, 6) is -0.335. The molecule has 1 aliphatic rings. The maximum Gasteiger partial charge on any atom is 0.328 e. The lowest BCUT2D eigenvalue weighted by molar-refractivity contribution is -0.131. The molecule has 106 valence electrons. The van der Waals surface area contributed by atoms with E-state index >= 15 is 0 Å². The van der Waals surface area contributed by atoms with Crippen LogP contribution in [0.25, 0.3) is 6.08 Å². The van der Waals surface area contributed by atoms with Crippen LogP contribution in [0.1, 0.15) is 17.0 Å². The molecule has 0 atom stereocenters. The van der Waals surface area contributed by atoms with Crippen LogP contribution in [0.3, 0.4) is 0 Å². The first-order valence-corrected chi connectivity index (χ1v) is 7.03. The van der Waals surface area contributed by atoms with Gasteiger partial charge in [0.2, 0.25) is 0 Å². The molecule has 3 nitrogen and oxygen atoms in total. The third-order valence-corrected chi connectivity index (χ3v) is 3.81. The molecule has 0 radical (unpaired) electrons. The lowest BCUT2D eigenvalue weighted by Gasteiger charge is -2.41. The van der Waals surface area contributed by atoms with Gasteiger partial charge in [-0.05, 0) is 29.3 Å². The maximum absolute atomic E-state index is 10.6. The minimum atomic E-state index is -0.923. The molecule has 0 aliphatic carbocycles. The van der Waals surface area contributed by atoms with Crippen LogP contribution >= 0.6 is 0 Å². The molecule has 0 spiro atoms. The Balaban J connectivity index is 1.67. The Kier molecular flexibility index (Phi) is 3.73. The van der Waals surface area contributed by atoms with Gasteiger partial charge in [0.15, 0.2) is 0 Å². The van der Waals surface area contributed by atoms with Gasteiger partial charge in [0.25, 0.3) is 0 Å². The van der Waals surface area contributed by atoms with Gasteiger partial charge in [-0.1, -0.05) is 42.5 Å². The van der Waals surface area contributed by atoms with E-state index in [-0.39, 0.29) is 0 Å². The maximum atomic E-state index is 10.6. The van der Waals surface area contributed by atoms with E-state index in [4.69, 9.17) is 5.11 Å². The fourth-order valence-corrected chi connectivity index (χ4v) is 2.62. The summed E-state index contributed by atoms with van der Waals surface area (Å²) in [5, 5.41) is 8.67. The summed E-state index contributed by atoms with van der Waals surface area (Å²) < 4.78 is 0. The molecule has 2 aromatic rings. The van der Waals surface area contributed by atoms with Crippen molar-refractivity contribution in [1.82, 2.24) is 0 Å². The highest BCUT2D eigenvalue weighted by Gasteiger charge is 2.27. The van der Waals surface area contributed by atoms with Gasteiger partial charge < -0.3 is 10.0 Å². The van der Waals surface area contributed by atoms with Crippen molar-refractivity contribution in [1.29, 1.82) is 0 Å². The molecule has 0 amide bonds. The van der Waals surface area contributed by atoms with Crippen molar-refractivity contribution in [3.63, 3.8) is 0 Å². The van der Waals surface area contributed by atoms with E-state index in [1.54, 1.807) is 6.08 Å².